The Balaban J connectivity index is 0.000000396. The van der Waals surface area contributed by atoms with Gasteiger partial charge in [0.1, 0.15) is 0 Å². The molecule has 0 amide bonds. The summed E-state index contributed by atoms with van der Waals surface area (Å²) in [6, 6.07) is 0. The maximum atomic E-state index is 4.26. The second-order valence-electron chi connectivity index (χ2n) is 2.59. The van der Waals surface area contributed by atoms with Gasteiger partial charge in [-0.15, -0.1) is 11.3 Å². The summed E-state index contributed by atoms with van der Waals surface area (Å²) in [7, 11) is 0. The largest absolute Gasteiger partial charge is 0.245 e. The Labute approximate surface area is 83.8 Å². The van der Waals surface area contributed by atoms with Crippen molar-refractivity contribution in [3.8, 4) is 0 Å². The van der Waals surface area contributed by atoms with E-state index in [4.69, 9.17) is 0 Å². The minimum Gasteiger partial charge on any atom is -0.245 e. The Morgan fingerprint density at radius 3 is 2.92 bits per heavy atom. The normalized spacial score (nSPS) is 13.6. The average molecular weight is 193 g/mol. The van der Waals surface area contributed by atoms with E-state index in [1.165, 1.54) is 10.5 Å². The first-order chi connectivity index (χ1) is 6.38. The fourth-order valence-corrected chi connectivity index (χ4v) is 1.97. The van der Waals surface area contributed by atoms with Crippen LogP contribution in [0.15, 0.2) is 17.7 Å². The van der Waals surface area contributed by atoms with Gasteiger partial charge >= 0.3 is 0 Å². The van der Waals surface area contributed by atoms with Gasteiger partial charge < -0.3 is 0 Å². The highest BCUT2D eigenvalue weighted by atomic mass is 32.1. The molecule has 0 fully saturated rings. The van der Waals surface area contributed by atoms with E-state index in [0.717, 1.165) is 12.1 Å². The zero-order chi connectivity index (χ0) is 9.68. The third-order valence-electron chi connectivity index (χ3n) is 1.79. The molecule has 0 aliphatic heterocycles. The highest BCUT2D eigenvalue weighted by Crippen LogP contribution is 2.26. The SMILES string of the molecule is CC.CC1=CCC=Cc2ncsc21. The monoisotopic (exact) mass is 193 g/mol. The molecule has 0 unspecified atom stereocenters. The molecule has 0 spiro atoms. The van der Waals surface area contributed by atoms with Crippen LogP contribution in [0.5, 0.6) is 0 Å². The third-order valence-corrected chi connectivity index (χ3v) is 2.77. The van der Waals surface area contributed by atoms with Crippen LogP contribution in [0.3, 0.4) is 0 Å². The molecule has 1 aromatic rings. The first-order valence-corrected chi connectivity index (χ1v) is 5.53. The highest BCUT2D eigenvalue weighted by molar-refractivity contribution is 7.11. The number of thiazole rings is 1. The number of aromatic nitrogens is 1. The second kappa shape index (κ2) is 4.97. The van der Waals surface area contributed by atoms with Gasteiger partial charge in [-0.2, -0.15) is 0 Å². The lowest BCUT2D eigenvalue weighted by molar-refractivity contribution is 1.37. The van der Waals surface area contributed by atoms with Gasteiger partial charge in [0.2, 0.25) is 0 Å². The summed E-state index contributed by atoms with van der Waals surface area (Å²) in [5.41, 5.74) is 4.38. The molecule has 0 aromatic carbocycles. The molecular weight excluding hydrogens is 178 g/mol. The van der Waals surface area contributed by atoms with Gasteiger partial charge in [-0.05, 0) is 25.0 Å². The number of nitrogens with zero attached hydrogens (tertiary/aromatic N) is 1. The highest BCUT2D eigenvalue weighted by Gasteiger charge is 2.05. The molecule has 2 heteroatoms. The van der Waals surface area contributed by atoms with E-state index in [-0.39, 0.29) is 0 Å². The fourth-order valence-electron chi connectivity index (χ4n) is 1.19. The molecule has 1 heterocycles. The first-order valence-electron chi connectivity index (χ1n) is 4.65. The van der Waals surface area contributed by atoms with Crippen LogP contribution >= 0.6 is 11.3 Å². The summed E-state index contributed by atoms with van der Waals surface area (Å²) >= 11 is 1.72. The maximum absolute atomic E-state index is 4.26. The topological polar surface area (TPSA) is 12.9 Å². The molecule has 0 N–H and O–H groups in total. The Morgan fingerprint density at radius 2 is 2.15 bits per heavy atom. The van der Waals surface area contributed by atoms with Crippen LogP contribution in [-0.2, 0) is 0 Å². The fraction of sp³-hybridized carbons (Fsp3) is 0.364. The van der Waals surface area contributed by atoms with Crippen LogP contribution in [0, 0.1) is 0 Å². The van der Waals surface area contributed by atoms with E-state index in [2.05, 4.69) is 30.1 Å². The van der Waals surface area contributed by atoms with Crippen LogP contribution in [-0.4, -0.2) is 4.98 Å². The van der Waals surface area contributed by atoms with Gasteiger partial charge in [-0.3, -0.25) is 0 Å². The van der Waals surface area contributed by atoms with E-state index >= 15 is 0 Å². The van der Waals surface area contributed by atoms with Crippen molar-refractivity contribution in [3.63, 3.8) is 0 Å². The molecule has 0 atom stereocenters. The zero-order valence-electron chi connectivity index (χ0n) is 8.37. The summed E-state index contributed by atoms with van der Waals surface area (Å²) in [5, 5.41) is 0. The van der Waals surface area contributed by atoms with Crippen molar-refractivity contribution in [1.29, 1.82) is 0 Å². The Hall–Kier alpha value is -0.890. The molecule has 0 radical (unpaired) electrons. The van der Waals surface area contributed by atoms with Crippen molar-refractivity contribution in [2.45, 2.75) is 27.2 Å². The van der Waals surface area contributed by atoms with Crippen LogP contribution in [0.25, 0.3) is 11.6 Å². The summed E-state index contributed by atoms with van der Waals surface area (Å²) in [5.74, 6) is 0. The van der Waals surface area contributed by atoms with Gasteiger partial charge in [0.25, 0.3) is 0 Å². The molecule has 70 valence electrons. The molecule has 1 aromatic heterocycles. The molecule has 0 saturated heterocycles. The standard InChI is InChI=1S/C9H9NS.C2H6/c1-7-4-2-3-5-8-9(7)11-6-10-8;1-2/h3-6H,2H2,1H3;1-2H3. The predicted octanol–water partition coefficient (Wildman–Crippen LogP) is 3.99. The number of fused-ring (bicyclic) bond motifs is 1. The minimum atomic E-state index is 1.04. The predicted molar refractivity (Wildman–Crippen MR) is 60.8 cm³/mol. The lowest BCUT2D eigenvalue weighted by atomic mass is 10.2. The Morgan fingerprint density at radius 1 is 1.38 bits per heavy atom. The molecule has 1 nitrogen and oxygen atoms in total. The van der Waals surface area contributed by atoms with Crippen LogP contribution in [0.4, 0.5) is 0 Å². The van der Waals surface area contributed by atoms with Gasteiger partial charge in [-0.25, -0.2) is 4.98 Å². The van der Waals surface area contributed by atoms with Crippen molar-refractivity contribution in [3.05, 3.63) is 28.2 Å². The van der Waals surface area contributed by atoms with Gasteiger partial charge in [0.15, 0.2) is 0 Å². The molecule has 2 rings (SSSR count). The lowest BCUT2D eigenvalue weighted by Gasteiger charge is -1.93. The van der Waals surface area contributed by atoms with E-state index in [9.17, 15) is 0 Å². The van der Waals surface area contributed by atoms with Crippen molar-refractivity contribution in [2.75, 3.05) is 0 Å². The summed E-state index contributed by atoms with van der Waals surface area (Å²) in [4.78, 5) is 5.58. The lowest BCUT2D eigenvalue weighted by Crippen LogP contribution is -1.76. The van der Waals surface area contributed by atoms with Crippen molar-refractivity contribution in [2.24, 2.45) is 0 Å². The van der Waals surface area contributed by atoms with Crippen LogP contribution in [0.1, 0.15) is 37.8 Å². The van der Waals surface area contributed by atoms with Crippen molar-refractivity contribution >= 4 is 23.0 Å². The Kier molecular flexibility index (Phi) is 3.90. The van der Waals surface area contributed by atoms with Gasteiger partial charge in [0, 0.05) is 0 Å². The first kappa shape index (κ1) is 10.2. The van der Waals surface area contributed by atoms with Gasteiger partial charge in [-0.1, -0.05) is 26.0 Å². The Bertz CT molecular complexity index is 321. The summed E-state index contributed by atoms with van der Waals surface area (Å²) in [6.45, 7) is 6.14. The smallest absolute Gasteiger partial charge is 0.0811 e. The molecule has 1 aliphatic rings. The number of hydrogen-bond acceptors (Lipinski definition) is 2. The molecule has 13 heavy (non-hydrogen) atoms. The quantitative estimate of drug-likeness (QED) is 0.607. The van der Waals surface area contributed by atoms with Gasteiger partial charge in [0.05, 0.1) is 16.1 Å². The third kappa shape index (κ3) is 2.28. The summed E-state index contributed by atoms with van der Waals surface area (Å²) < 4.78 is 0. The van der Waals surface area contributed by atoms with Crippen LogP contribution < -0.4 is 0 Å². The van der Waals surface area contributed by atoms with Crippen LogP contribution in [0.2, 0.25) is 0 Å². The minimum absolute atomic E-state index is 1.04. The van der Waals surface area contributed by atoms with E-state index < -0.39 is 0 Å². The van der Waals surface area contributed by atoms with Crippen molar-refractivity contribution < 1.29 is 0 Å². The van der Waals surface area contributed by atoms with E-state index in [1.54, 1.807) is 11.3 Å². The summed E-state index contributed by atoms with van der Waals surface area (Å²) in [6.07, 6.45) is 7.52. The van der Waals surface area contributed by atoms with E-state index in [1.807, 2.05) is 19.4 Å². The molecule has 0 bridgehead atoms. The molecular formula is C11H15NS. The second-order valence-corrected chi connectivity index (χ2v) is 3.45. The average Bonchev–Trinajstić information content (AvgIpc) is 2.57. The molecule has 1 aliphatic carbocycles. The number of hydrogen-bond donors (Lipinski definition) is 0. The van der Waals surface area contributed by atoms with Crippen molar-refractivity contribution in [1.82, 2.24) is 4.98 Å². The number of allylic oxidation sites excluding steroid dienone is 3. The maximum Gasteiger partial charge on any atom is 0.0811 e. The zero-order valence-corrected chi connectivity index (χ0v) is 9.19. The molecule has 0 saturated carbocycles. The van der Waals surface area contributed by atoms with E-state index in [0.29, 0.717) is 0 Å². The number of rotatable bonds is 0.